The van der Waals surface area contributed by atoms with Gasteiger partial charge in [0.25, 0.3) is 11.8 Å². The van der Waals surface area contributed by atoms with Crippen molar-refractivity contribution in [2.45, 2.75) is 6.92 Å². The van der Waals surface area contributed by atoms with Gasteiger partial charge in [-0.2, -0.15) is 0 Å². The summed E-state index contributed by atoms with van der Waals surface area (Å²) < 4.78 is 0.881. The second kappa shape index (κ2) is 8.01. The lowest BCUT2D eigenvalue weighted by Crippen LogP contribution is -2.47. The van der Waals surface area contributed by atoms with E-state index < -0.39 is 0 Å². The van der Waals surface area contributed by atoms with Crippen LogP contribution in [0.4, 0.5) is 5.69 Å². The molecule has 3 rings (SSSR count). The fourth-order valence-electron chi connectivity index (χ4n) is 2.89. The molecule has 1 heterocycles. The number of nitrogens with zero attached hydrogens (tertiary/aromatic N) is 2. The number of hydrogen-bond donors (Lipinski definition) is 1. The number of para-hydroxylation sites is 1. The number of benzene rings is 2. The summed E-state index contributed by atoms with van der Waals surface area (Å²) in [5.41, 5.74) is 2.67. The third-order valence-electron chi connectivity index (χ3n) is 4.63. The van der Waals surface area contributed by atoms with Crippen LogP contribution in [0.1, 0.15) is 26.3 Å². The van der Waals surface area contributed by atoms with E-state index in [0.29, 0.717) is 29.9 Å². The molecular formula is C20H22BrN3O2. The minimum absolute atomic E-state index is 0.0425. The summed E-state index contributed by atoms with van der Waals surface area (Å²) in [5, 5.41) is 2.88. The number of rotatable bonds is 3. The number of piperazine rings is 1. The lowest BCUT2D eigenvalue weighted by Gasteiger charge is -2.32. The number of carbonyl (C=O) groups excluding carboxylic acids is 2. The monoisotopic (exact) mass is 415 g/mol. The van der Waals surface area contributed by atoms with Gasteiger partial charge in [0, 0.05) is 36.2 Å². The number of likely N-dealkylation sites (N-methyl/N-ethyl adjacent to an activating group) is 1. The molecule has 1 N–H and O–H groups in total. The average molecular weight is 416 g/mol. The molecule has 26 heavy (non-hydrogen) atoms. The maximum absolute atomic E-state index is 12.9. The van der Waals surface area contributed by atoms with Crippen LogP contribution in [0.25, 0.3) is 0 Å². The molecule has 0 saturated carbocycles. The molecule has 2 aromatic carbocycles. The third kappa shape index (κ3) is 4.14. The van der Waals surface area contributed by atoms with Gasteiger partial charge >= 0.3 is 0 Å². The molecule has 0 aliphatic carbocycles. The zero-order valence-corrected chi connectivity index (χ0v) is 16.5. The minimum atomic E-state index is -0.232. The van der Waals surface area contributed by atoms with Crippen LogP contribution in [0.2, 0.25) is 0 Å². The molecule has 2 amide bonds. The highest BCUT2D eigenvalue weighted by molar-refractivity contribution is 9.10. The first-order valence-electron chi connectivity index (χ1n) is 8.60. The fraction of sp³-hybridized carbons (Fsp3) is 0.300. The van der Waals surface area contributed by atoms with Gasteiger partial charge in [-0.05, 0) is 43.8 Å². The summed E-state index contributed by atoms with van der Waals surface area (Å²) in [5.74, 6) is -0.275. The number of aryl methyl sites for hydroxylation is 1. The van der Waals surface area contributed by atoms with Gasteiger partial charge in [0.2, 0.25) is 0 Å². The molecule has 0 radical (unpaired) electrons. The van der Waals surface area contributed by atoms with Gasteiger partial charge in [-0.3, -0.25) is 9.59 Å². The van der Waals surface area contributed by atoms with Gasteiger partial charge in [0.05, 0.1) is 11.3 Å². The van der Waals surface area contributed by atoms with Crippen molar-refractivity contribution in [2.24, 2.45) is 0 Å². The summed E-state index contributed by atoms with van der Waals surface area (Å²) in [6.45, 7) is 5.08. The van der Waals surface area contributed by atoms with E-state index in [1.54, 1.807) is 24.3 Å². The molecule has 6 heteroatoms. The predicted molar refractivity (Wildman–Crippen MR) is 107 cm³/mol. The van der Waals surface area contributed by atoms with Crippen molar-refractivity contribution in [1.29, 1.82) is 0 Å². The summed E-state index contributed by atoms with van der Waals surface area (Å²) in [4.78, 5) is 29.5. The normalized spacial score (nSPS) is 15.0. The van der Waals surface area contributed by atoms with Gasteiger partial charge in [-0.15, -0.1) is 0 Å². The zero-order chi connectivity index (χ0) is 18.7. The number of nitrogens with one attached hydrogen (secondary N) is 1. The maximum atomic E-state index is 12.9. The first-order chi connectivity index (χ1) is 12.5. The van der Waals surface area contributed by atoms with Crippen molar-refractivity contribution in [2.75, 3.05) is 38.5 Å². The SMILES string of the molecule is Cc1ccc(C(=O)Nc2ccccc2C(=O)N2CCN(C)CC2)cc1Br. The molecular weight excluding hydrogens is 394 g/mol. The lowest BCUT2D eigenvalue weighted by molar-refractivity contribution is 0.0665. The maximum Gasteiger partial charge on any atom is 0.256 e. The van der Waals surface area contributed by atoms with Crippen LogP contribution >= 0.6 is 15.9 Å². The van der Waals surface area contributed by atoms with E-state index in [-0.39, 0.29) is 11.8 Å². The first-order valence-corrected chi connectivity index (χ1v) is 9.39. The number of amides is 2. The van der Waals surface area contributed by atoms with E-state index >= 15 is 0 Å². The number of hydrogen-bond acceptors (Lipinski definition) is 3. The van der Waals surface area contributed by atoms with Crippen molar-refractivity contribution < 1.29 is 9.59 Å². The van der Waals surface area contributed by atoms with Crippen molar-refractivity contribution in [1.82, 2.24) is 9.80 Å². The van der Waals surface area contributed by atoms with E-state index in [2.05, 4.69) is 33.2 Å². The smallest absolute Gasteiger partial charge is 0.256 e. The Labute approximate surface area is 162 Å². The Kier molecular flexibility index (Phi) is 5.74. The number of halogens is 1. The van der Waals surface area contributed by atoms with Crippen LogP contribution in [0.5, 0.6) is 0 Å². The van der Waals surface area contributed by atoms with Crippen LogP contribution in [-0.2, 0) is 0 Å². The van der Waals surface area contributed by atoms with Gasteiger partial charge in [-0.25, -0.2) is 0 Å². The number of carbonyl (C=O) groups is 2. The van der Waals surface area contributed by atoms with Gasteiger partial charge in [0.15, 0.2) is 0 Å². The molecule has 2 aromatic rings. The van der Waals surface area contributed by atoms with E-state index in [1.165, 1.54) is 0 Å². The second-order valence-corrected chi connectivity index (χ2v) is 7.41. The predicted octanol–water partition coefficient (Wildman–Crippen LogP) is 3.40. The molecule has 136 valence electrons. The largest absolute Gasteiger partial charge is 0.336 e. The molecule has 0 atom stereocenters. The molecule has 0 unspecified atom stereocenters. The quantitative estimate of drug-likeness (QED) is 0.835. The Morgan fingerprint density at radius 3 is 2.42 bits per heavy atom. The highest BCUT2D eigenvalue weighted by Gasteiger charge is 2.23. The van der Waals surface area contributed by atoms with Crippen molar-refractivity contribution in [3.63, 3.8) is 0 Å². The Hall–Kier alpha value is -2.18. The highest BCUT2D eigenvalue weighted by atomic mass is 79.9. The average Bonchev–Trinajstić information content (AvgIpc) is 2.64. The van der Waals surface area contributed by atoms with E-state index in [9.17, 15) is 9.59 Å². The van der Waals surface area contributed by atoms with Crippen molar-refractivity contribution in [3.05, 3.63) is 63.6 Å². The Morgan fingerprint density at radius 1 is 1.04 bits per heavy atom. The molecule has 1 aliphatic rings. The first kappa shape index (κ1) is 18.6. The summed E-state index contributed by atoms with van der Waals surface area (Å²) in [6, 6.07) is 12.6. The lowest BCUT2D eigenvalue weighted by atomic mass is 10.1. The van der Waals surface area contributed by atoms with Crippen LogP contribution in [0, 0.1) is 6.92 Å². The second-order valence-electron chi connectivity index (χ2n) is 6.56. The number of anilines is 1. The van der Waals surface area contributed by atoms with Crippen LogP contribution in [0.3, 0.4) is 0 Å². The van der Waals surface area contributed by atoms with Gasteiger partial charge in [0.1, 0.15) is 0 Å². The Bertz CT molecular complexity index is 830. The molecule has 0 spiro atoms. The van der Waals surface area contributed by atoms with E-state index in [0.717, 1.165) is 23.1 Å². The zero-order valence-electron chi connectivity index (χ0n) is 15.0. The third-order valence-corrected chi connectivity index (χ3v) is 5.48. The van der Waals surface area contributed by atoms with Crippen LogP contribution in [-0.4, -0.2) is 54.8 Å². The van der Waals surface area contributed by atoms with Crippen molar-refractivity contribution >= 4 is 33.4 Å². The molecule has 5 nitrogen and oxygen atoms in total. The van der Waals surface area contributed by atoms with Gasteiger partial charge < -0.3 is 15.1 Å². The fourth-order valence-corrected chi connectivity index (χ4v) is 3.27. The standard InChI is InChI=1S/C20H22BrN3O2/c1-14-7-8-15(13-17(14)21)19(25)22-18-6-4-3-5-16(18)20(26)24-11-9-23(2)10-12-24/h3-8,13H,9-12H2,1-2H3,(H,22,25). The summed E-state index contributed by atoms with van der Waals surface area (Å²) >= 11 is 3.45. The van der Waals surface area contributed by atoms with Gasteiger partial charge in [-0.1, -0.05) is 34.1 Å². The summed E-state index contributed by atoms with van der Waals surface area (Å²) in [7, 11) is 2.05. The van der Waals surface area contributed by atoms with Crippen LogP contribution < -0.4 is 5.32 Å². The molecule has 1 saturated heterocycles. The molecule has 0 bridgehead atoms. The molecule has 1 fully saturated rings. The van der Waals surface area contributed by atoms with Crippen LogP contribution in [0.15, 0.2) is 46.9 Å². The minimum Gasteiger partial charge on any atom is -0.336 e. The Morgan fingerprint density at radius 2 is 1.73 bits per heavy atom. The molecule has 0 aromatic heterocycles. The van der Waals surface area contributed by atoms with Crippen molar-refractivity contribution in [3.8, 4) is 0 Å². The highest BCUT2D eigenvalue weighted by Crippen LogP contribution is 2.21. The summed E-state index contributed by atoms with van der Waals surface area (Å²) in [6.07, 6.45) is 0. The van der Waals surface area contributed by atoms with E-state index in [1.807, 2.05) is 30.0 Å². The van der Waals surface area contributed by atoms with E-state index in [4.69, 9.17) is 0 Å². The Balaban J connectivity index is 1.79. The topological polar surface area (TPSA) is 52.7 Å². The molecule has 1 aliphatic heterocycles.